The van der Waals surface area contributed by atoms with Crippen LogP contribution in [-0.2, 0) is 27.7 Å². The molecule has 0 amide bonds. The van der Waals surface area contributed by atoms with Crippen molar-refractivity contribution in [3.05, 3.63) is 29.3 Å². The lowest BCUT2D eigenvalue weighted by Crippen LogP contribution is -2.43. The molecule has 7 heteroatoms. The number of carbonyl (C=O) groups is 1. The fourth-order valence-corrected chi connectivity index (χ4v) is 3.37. The minimum atomic E-state index is -3.93. The molecule has 104 valence electrons. The summed E-state index contributed by atoms with van der Waals surface area (Å²) in [6.45, 7) is -0.792. The van der Waals surface area contributed by atoms with E-state index >= 15 is 0 Å². The zero-order valence-corrected chi connectivity index (χ0v) is 11.0. The van der Waals surface area contributed by atoms with Gasteiger partial charge in [0.15, 0.2) is 0 Å². The Morgan fingerprint density at radius 3 is 2.63 bits per heavy atom. The quantitative estimate of drug-likeness (QED) is 0.701. The summed E-state index contributed by atoms with van der Waals surface area (Å²) in [5.74, 6) is -1.41. The Morgan fingerprint density at radius 1 is 1.32 bits per heavy atom. The maximum Gasteiger partial charge on any atom is 0.324 e. The van der Waals surface area contributed by atoms with E-state index in [1.165, 1.54) is 6.07 Å². The zero-order chi connectivity index (χ0) is 14.0. The van der Waals surface area contributed by atoms with Crippen LogP contribution in [0.4, 0.5) is 0 Å². The van der Waals surface area contributed by atoms with E-state index in [4.69, 9.17) is 10.2 Å². The van der Waals surface area contributed by atoms with Crippen molar-refractivity contribution >= 4 is 16.0 Å². The van der Waals surface area contributed by atoms with Crippen LogP contribution in [-0.4, -0.2) is 37.2 Å². The number of hydrogen-bond acceptors (Lipinski definition) is 4. The van der Waals surface area contributed by atoms with Gasteiger partial charge in [-0.15, -0.1) is 0 Å². The zero-order valence-electron chi connectivity index (χ0n) is 10.2. The van der Waals surface area contributed by atoms with Crippen LogP contribution in [0.3, 0.4) is 0 Å². The van der Waals surface area contributed by atoms with Gasteiger partial charge in [0.05, 0.1) is 11.5 Å². The van der Waals surface area contributed by atoms with Crippen molar-refractivity contribution in [1.29, 1.82) is 0 Å². The Morgan fingerprint density at radius 2 is 2.00 bits per heavy atom. The van der Waals surface area contributed by atoms with Crippen molar-refractivity contribution in [2.75, 3.05) is 6.61 Å². The van der Waals surface area contributed by atoms with Crippen molar-refractivity contribution in [1.82, 2.24) is 4.72 Å². The monoisotopic (exact) mass is 285 g/mol. The summed E-state index contributed by atoms with van der Waals surface area (Å²) in [6.07, 6.45) is 2.78. The van der Waals surface area contributed by atoms with Gasteiger partial charge >= 0.3 is 5.97 Å². The van der Waals surface area contributed by atoms with Crippen molar-refractivity contribution < 1.29 is 23.4 Å². The lowest BCUT2D eigenvalue weighted by Gasteiger charge is -2.13. The first-order valence-corrected chi connectivity index (χ1v) is 7.40. The average molecular weight is 285 g/mol. The second-order valence-electron chi connectivity index (χ2n) is 4.48. The maximum absolute atomic E-state index is 12.0. The van der Waals surface area contributed by atoms with E-state index in [0.29, 0.717) is 0 Å². The molecule has 0 fully saturated rings. The highest BCUT2D eigenvalue weighted by molar-refractivity contribution is 7.89. The van der Waals surface area contributed by atoms with E-state index in [1.807, 2.05) is 4.72 Å². The summed E-state index contributed by atoms with van der Waals surface area (Å²) in [6, 6.07) is 3.26. The Hall–Kier alpha value is -1.44. The smallest absolute Gasteiger partial charge is 0.324 e. The number of aliphatic carboxylic acids is 1. The lowest BCUT2D eigenvalue weighted by molar-refractivity contribution is -0.139. The molecule has 1 aliphatic rings. The number of aliphatic hydroxyl groups excluding tert-OH is 1. The summed E-state index contributed by atoms with van der Waals surface area (Å²) in [4.78, 5) is 10.8. The molecule has 0 saturated carbocycles. The molecule has 1 aliphatic carbocycles. The predicted molar refractivity (Wildman–Crippen MR) is 67.3 cm³/mol. The van der Waals surface area contributed by atoms with E-state index in [9.17, 15) is 13.2 Å². The molecule has 19 heavy (non-hydrogen) atoms. The van der Waals surface area contributed by atoms with Gasteiger partial charge in [0.1, 0.15) is 6.04 Å². The Balaban J connectivity index is 2.27. The van der Waals surface area contributed by atoms with Crippen molar-refractivity contribution in [2.45, 2.75) is 30.2 Å². The molecular formula is C12H15NO5S. The third kappa shape index (κ3) is 2.94. The Bertz CT molecular complexity index is 596. The van der Waals surface area contributed by atoms with Gasteiger partial charge in [-0.3, -0.25) is 4.79 Å². The van der Waals surface area contributed by atoms with E-state index in [0.717, 1.165) is 30.4 Å². The fraction of sp³-hybridized carbons (Fsp3) is 0.417. The number of benzene rings is 1. The van der Waals surface area contributed by atoms with Gasteiger partial charge < -0.3 is 10.2 Å². The topological polar surface area (TPSA) is 104 Å². The second kappa shape index (κ2) is 5.28. The van der Waals surface area contributed by atoms with Crippen LogP contribution in [0, 0.1) is 0 Å². The van der Waals surface area contributed by atoms with E-state index in [-0.39, 0.29) is 4.90 Å². The van der Waals surface area contributed by atoms with E-state index < -0.39 is 28.6 Å². The highest BCUT2D eigenvalue weighted by Crippen LogP contribution is 2.24. The predicted octanol–water partition coefficient (Wildman–Crippen LogP) is -0.101. The van der Waals surface area contributed by atoms with Gasteiger partial charge in [-0.05, 0) is 42.5 Å². The van der Waals surface area contributed by atoms with Crippen LogP contribution >= 0.6 is 0 Å². The molecule has 0 aliphatic heterocycles. The molecule has 1 atom stereocenters. The highest BCUT2D eigenvalue weighted by atomic mass is 32.2. The highest BCUT2D eigenvalue weighted by Gasteiger charge is 2.25. The number of rotatable bonds is 5. The molecule has 0 saturated heterocycles. The van der Waals surface area contributed by atoms with Crippen LogP contribution in [0.5, 0.6) is 0 Å². The minimum Gasteiger partial charge on any atom is -0.480 e. The SMILES string of the molecule is O=C(O)[C@H](CO)NS(=O)(=O)c1ccc2c(c1)CCC2. The molecule has 3 N–H and O–H groups in total. The number of aryl methyl sites for hydroxylation is 2. The number of aliphatic hydroxyl groups is 1. The van der Waals surface area contributed by atoms with Gasteiger partial charge in [0.25, 0.3) is 0 Å². The standard InChI is InChI=1S/C12H15NO5S/c14-7-11(12(15)16)13-19(17,18)10-5-4-8-2-1-3-9(8)6-10/h4-6,11,13-14H,1-3,7H2,(H,15,16)/t11-/m0/s1. The first-order chi connectivity index (χ1) is 8.94. The van der Waals surface area contributed by atoms with Crippen molar-refractivity contribution in [2.24, 2.45) is 0 Å². The summed E-state index contributed by atoms with van der Waals surface area (Å²) in [5, 5.41) is 17.6. The van der Waals surface area contributed by atoms with Crippen LogP contribution in [0.15, 0.2) is 23.1 Å². The summed E-state index contributed by atoms with van der Waals surface area (Å²) in [7, 11) is -3.93. The number of hydrogen-bond donors (Lipinski definition) is 3. The maximum atomic E-state index is 12.0. The van der Waals surface area contributed by atoms with Crippen LogP contribution in [0.2, 0.25) is 0 Å². The average Bonchev–Trinajstić information content (AvgIpc) is 2.82. The Kier molecular flexibility index (Phi) is 3.88. The molecule has 0 bridgehead atoms. The number of sulfonamides is 1. The molecule has 1 aromatic rings. The third-order valence-corrected chi connectivity index (χ3v) is 4.63. The van der Waals surface area contributed by atoms with Crippen LogP contribution in [0.1, 0.15) is 17.5 Å². The van der Waals surface area contributed by atoms with Crippen LogP contribution < -0.4 is 4.72 Å². The number of carboxylic acid groups (broad SMARTS) is 1. The molecular weight excluding hydrogens is 270 g/mol. The van der Waals surface area contributed by atoms with Crippen LogP contribution in [0.25, 0.3) is 0 Å². The van der Waals surface area contributed by atoms with E-state index in [2.05, 4.69) is 0 Å². The number of nitrogens with one attached hydrogen (secondary N) is 1. The van der Waals surface area contributed by atoms with Gasteiger partial charge in [0, 0.05) is 0 Å². The molecule has 0 unspecified atom stereocenters. The number of fused-ring (bicyclic) bond motifs is 1. The first kappa shape index (κ1) is 14.0. The van der Waals surface area contributed by atoms with E-state index in [1.54, 1.807) is 12.1 Å². The normalized spacial score (nSPS) is 16.1. The molecule has 0 heterocycles. The largest absolute Gasteiger partial charge is 0.480 e. The lowest BCUT2D eigenvalue weighted by atomic mass is 10.1. The third-order valence-electron chi connectivity index (χ3n) is 3.16. The number of carboxylic acids is 1. The van der Waals surface area contributed by atoms with Gasteiger partial charge in [-0.1, -0.05) is 6.07 Å². The molecule has 2 rings (SSSR count). The molecule has 0 spiro atoms. The summed E-state index contributed by atoms with van der Waals surface area (Å²) in [5.41, 5.74) is 2.12. The van der Waals surface area contributed by atoms with Crippen molar-refractivity contribution in [3.63, 3.8) is 0 Å². The van der Waals surface area contributed by atoms with Gasteiger partial charge in [-0.2, -0.15) is 4.72 Å². The summed E-state index contributed by atoms with van der Waals surface area (Å²) < 4.78 is 26.0. The van der Waals surface area contributed by atoms with Crippen molar-refractivity contribution in [3.8, 4) is 0 Å². The second-order valence-corrected chi connectivity index (χ2v) is 6.19. The Labute approximate surface area is 111 Å². The van der Waals surface area contributed by atoms with Gasteiger partial charge in [-0.25, -0.2) is 8.42 Å². The summed E-state index contributed by atoms with van der Waals surface area (Å²) >= 11 is 0. The molecule has 1 aromatic carbocycles. The molecule has 6 nitrogen and oxygen atoms in total. The minimum absolute atomic E-state index is 0.0350. The molecule has 0 radical (unpaired) electrons. The molecule has 0 aromatic heterocycles. The fourth-order valence-electron chi connectivity index (χ4n) is 2.14. The van der Waals surface area contributed by atoms with Gasteiger partial charge in [0.2, 0.25) is 10.0 Å². The first-order valence-electron chi connectivity index (χ1n) is 5.92.